The highest BCUT2D eigenvalue weighted by atomic mass is 32.2. The maximum Gasteiger partial charge on any atom is 0.326 e. The van der Waals surface area contributed by atoms with Gasteiger partial charge in [-0.1, -0.05) is 60.9 Å². The van der Waals surface area contributed by atoms with Gasteiger partial charge in [0.1, 0.15) is 11.6 Å². The lowest BCUT2D eigenvalue weighted by molar-refractivity contribution is -0.143. The molecule has 0 radical (unpaired) electrons. The smallest absolute Gasteiger partial charge is 0.326 e. The van der Waals surface area contributed by atoms with E-state index < -0.39 is 33.5 Å². The zero-order valence-corrected chi connectivity index (χ0v) is 18.6. The van der Waals surface area contributed by atoms with Crippen molar-refractivity contribution in [2.75, 3.05) is 7.05 Å². The number of amides is 1. The van der Waals surface area contributed by atoms with Crippen LogP contribution >= 0.6 is 0 Å². The van der Waals surface area contributed by atoms with Crippen LogP contribution in [0, 0.1) is 6.92 Å². The summed E-state index contributed by atoms with van der Waals surface area (Å²) in [5.41, 5.74) is 0.394. The van der Waals surface area contributed by atoms with Crippen molar-refractivity contribution in [3.8, 4) is 0 Å². The Morgan fingerprint density at radius 3 is 2.19 bits per heavy atom. The summed E-state index contributed by atoms with van der Waals surface area (Å²) in [5, 5.41) is 12.3. The highest BCUT2D eigenvalue weighted by molar-refractivity contribution is 7.89. The van der Waals surface area contributed by atoms with Crippen molar-refractivity contribution in [2.24, 2.45) is 0 Å². The molecule has 0 aliphatic heterocycles. The summed E-state index contributed by atoms with van der Waals surface area (Å²) in [6.07, 6.45) is 2.19. The monoisotopic (exact) mass is 444 g/mol. The Bertz CT molecular complexity index is 1030. The third-order valence-electron chi connectivity index (χ3n) is 6.02. The van der Waals surface area contributed by atoms with Crippen molar-refractivity contribution in [1.29, 1.82) is 0 Å². The zero-order valence-electron chi connectivity index (χ0n) is 17.7. The van der Waals surface area contributed by atoms with Gasteiger partial charge < -0.3 is 10.4 Å². The molecule has 2 aromatic rings. The predicted molar refractivity (Wildman–Crippen MR) is 117 cm³/mol. The standard InChI is InChI=1S/C23H28N2O5S/c1-17-10-12-19(13-11-17)31(29,30)25(2)23(14-6-7-15-23)22(28)24-20(21(26)27)16-18-8-4-3-5-9-18/h3-5,8-13,20H,6-7,14-16H2,1-2H3,(H,24,28)(H,26,27)/t20-/m1/s1. The number of likely N-dealkylation sites (N-methyl/N-ethyl adjacent to an activating group) is 1. The highest BCUT2D eigenvalue weighted by Gasteiger charge is 2.50. The minimum atomic E-state index is -3.93. The van der Waals surface area contributed by atoms with E-state index in [0.717, 1.165) is 15.4 Å². The fourth-order valence-electron chi connectivity index (χ4n) is 4.09. The average Bonchev–Trinajstić information content (AvgIpc) is 3.25. The van der Waals surface area contributed by atoms with E-state index >= 15 is 0 Å². The molecule has 0 saturated heterocycles. The number of hydrogen-bond donors (Lipinski definition) is 2. The fourth-order valence-corrected chi connectivity index (χ4v) is 5.61. The molecule has 7 nitrogen and oxygen atoms in total. The molecule has 1 fully saturated rings. The molecule has 0 unspecified atom stereocenters. The summed E-state index contributed by atoms with van der Waals surface area (Å²) < 4.78 is 27.7. The van der Waals surface area contributed by atoms with Crippen molar-refractivity contribution >= 4 is 21.9 Å². The van der Waals surface area contributed by atoms with E-state index in [1.165, 1.54) is 19.2 Å². The van der Waals surface area contributed by atoms with Crippen LogP contribution in [0.5, 0.6) is 0 Å². The first-order valence-corrected chi connectivity index (χ1v) is 11.7. The van der Waals surface area contributed by atoms with E-state index in [2.05, 4.69) is 5.32 Å². The molecule has 2 N–H and O–H groups in total. The van der Waals surface area contributed by atoms with Crippen LogP contribution in [-0.4, -0.2) is 48.3 Å². The first-order valence-electron chi connectivity index (χ1n) is 10.3. The average molecular weight is 445 g/mol. The Labute approximate surface area is 183 Å². The van der Waals surface area contributed by atoms with Gasteiger partial charge in [0.25, 0.3) is 0 Å². The van der Waals surface area contributed by atoms with E-state index in [1.54, 1.807) is 36.4 Å². The van der Waals surface area contributed by atoms with Crippen molar-refractivity contribution in [3.63, 3.8) is 0 Å². The number of hydrogen-bond acceptors (Lipinski definition) is 4. The van der Waals surface area contributed by atoms with Crippen LogP contribution in [0.25, 0.3) is 0 Å². The number of benzene rings is 2. The summed E-state index contributed by atoms with van der Waals surface area (Å²) in [6.45, 7) is 1.87. The van der Waals surface area contributed by atoms with Gasteiger partial charge in [-0.2, -0.15) is 4.31 Å². The Hall–Kier alpha value is -2.71. The Balaban J connectivity index is 1.87. The van der Waals surface area contributed by atoms with Gasteiger partial charge in [-0.3, -0.25) is 4.79 Å². The SMILES string of the molecule is Cc1ccc(S(=O)(=O)N(C)C2(C(=O)N[C@H](Cc3ccccc3)C(=O)O)CCCC2)cc1. The molecule has 0 bridgehead atoms. The number of carboxylic acids is 1. The lowest BCUT2D eigenvalue weighted by Gasteiger charge is -2.37. The largest absolute Gasteiger partial charge is 0.480 e. The second-order valence-corrected chi connectivity index (χ2v) is 10.0. The van der Waals surface area contributed by atoms with E-state index in [9.17, 15) is 23.1 Å². The summed E-state index contributed by atoms with van der Waals surface area (Å²) in [5.74, 6) is -1.72. The number of aryl methyl sites for hydroxylation is 1. The molecule has 3 rings (SSSR count). The Morgan fingerprint density at radius 1 is 1.06 bits per heavy atom. The third kappa shape index (κ3) is 4.80. The third-order valence-corrected chi connectivity index (χ3v) is 7.96. The summed E-state index contributed by atoms with van der Waals surface area (Å²) in [6, 6.07) is 14.3. The van der Waals surface area contributed by atoms with Gasteiger partial charge in [-0.25, -0.2) is 13.2 Å². The molecule has 166 valence electrons. The lowest BCUT2D eigenvalue weighted by atomic mass is 9.95. The van der Waals surface area contributed by atoms with Crippen LogP contribution < -0.4 is 5.32 Å². The minimum absolute atomic E-state index is 0.110. The van der Waals surface area contributed by atoms with Crippen molar-refractivity contribution < 1.29 is 23.1 Å². The van der Waals surface area contributed by atoms with Gasteiger partial charge in [0.15, 0.2) is 0 Å². The van der Waals surface area contributed by atoms with Gasteiger partial charge in [-0.15, -0.1) is 0 Å². The molecule has 8 heteroatoms. The molecule has 31 heavy (non-hydrogen) atoms. The molecule has 0 aromatic heterocycles. The normalized spacial score (nSPS) is 16.7. The summed E-state index contributed by atoms with van der Waals surface area (Å²) in [7, 11) is -2.52. The number of carbonyl (C=O) groups is 2. The predicted octanol–water partition coefficient (Wildman–Crippen LogP) is 2.74. The van der Waals surface area contributed by atoms with E-state index in [0.29, 0.717) is 25.7 Å². The molecule has 1 amide bonds. The van der Waals surface area contributed by atoms with Crippen molar-refractivity contribution in [1.82, 2.24) is 9.62 Å². The minimum Gasteiger partial charge on any atom is -0.480 e. The highest BCUT2D eigenvalue weighted by Crippen LogP contribution is 2.38. The van der Waals surface area contributed by atoms with Crippen LogP contribution in [0.2, 0.25) is 0 Å². The topological polar surface area (TPSA) is 104 Å². The second-order valence-electron chi connectivity index (χ2n) is 8.08. The lowest BCUT2D eigenvalue weighted by Crippen LogP contribution is -2.60. The van der Waals surface area contributed by atoms with E-state index in [1.807, 2.05) is 13.0 Å². The van der Waals surface area contributed by atoms with Crippen molar-refractivity contribution in [2.45, 2.75) is 55.5 Å². The Morgan fingerprint density at radius 2 is 1.65 bits per heavy atom. The quantitative estimate of drug-likeness (QED) is 0.652. The summed E-state index contributed by atoms with van der Waals surface area (Å²) in [4.78, 5) is 25.3. The van der Waals surface area contributed by atoms with Gasteiger partial charge >= 0.3 is 5.97 Å². The molecule has 0 heterocycles. The van der Waals surface area contributed by atoms with E-state index in [-0.39, 0.29) is 11.3 Å². The first-order chi connectivity index (χ1) is 14.7. The van der Waals surface area contributed by atoms with Crippen LogP contribution in [-0.2, 0) is 26.0 Å². The zero-order chi connectivity index (χ0) is 22.6. The molecule has 2 aromatic carbocycles. The molecule has 1 saturated carbocycles. The van der Waals surface area contributed by atoms with Gasteiger partial charge in [-0.05, 0) is 37.5 Å². The fraction of sp³-hybridized carbons (Fsp3) is 0.391. The number of nitrogens with zero attached hydrogens (tertiary/aromatic N) is 1. The molecule has 1 atom stereocenters. The van der Waals surface area contributed by atoms with Crippen molar-refractivity contribution in [3.05, 3.63) is 65.7 Å². The molecular weight excluding hydrogens is 416 g/mol. The molecule has 1 aliphatic carbocycles. The Kier molecular flexibility index (Phi) is 6.81. The summed E-state index contributed by atoms with van der Waals surface area (Å²) >= 11 is 0. The number of carboxylic acid groups (broad SMARTS) is 1. The number of sulfonamides is 1. The number of carbonyl (C=O) groups excluding carboxylic acids is 1. The second kappa shape index (κ2) is 9.20. The number of aliphatic carboxylic acids is 1. The molecule has 1 aliphatic rings. The van der Waals surface area contributed by atoms with Crippen LogP contribution in [0.4, 0.5) is 0 Å². The number of rotatable bonds is 8. The van der Waals surface area contributed by atoms with Crippen LogP contribution in [0.1, 0.15) is 36.8 Å². The first kappa shape index (κ1) is 23.0. The number of nitrogens with one attached hydrogen (secondary N) is 1. The van der Waals surface area contributed by atoms with Gasteiger partial charge in [0.2, 0.25) is 15.9 Å². The van der Waals surface area contributed by atoms with Crippen LogP contribution in [0.3, 0.4) is 0 Å². The van der Waals surface area contributed by atoms with Gasteiger partial charge in [0.05, 0.1) is 4.90 Å². The van der Waals surface area contributed by atoms with Gasteiger partial charge in [0, 0.05) is 13.5 Å². The maximum atomic E-state index is 13.4. The van der Waals surface area contributed by atoms with E-state index in [4.69, 9.17) is 0 Å². The molecule has 0 spiro atoms. The maximum absolute atomic E-state index is 13.4. The van der Waals surface area contributed by atoms with Crippen LogP contribution in [0.15, 0.2) is 59.5 Å². The molecular formula is C23H28N2O5S.